The molecule has 1 unspecified atom stereocenters. The monoisotopic (exact) mass is 309 g/mol. The molecule has 0 radical (unpaired) electrons. The van der Waals surface area contributed by atoms with Crippen molar-refractivity contribution in [2.45, 2.75) is 64.6 Å². The third kappa shape index (κ3) is 4.85. The average Bonchev–Trinajstić information content (AvgIpc) is 2.96. The highest BCUT2D eigenvalue weighted by Crippen LogP contribution is 2.25. The molecule has 1 N–H and O–H groups in total. The lowest BCUT2D eigenvalue weighted by molar-refractivity contribution is 0.0476. The van der Waals surface area contributed by atoms with Crippen LogP contribution in [-0.4, -0.2) is 41.3 Å². The number of hydrogen-bond donors (Lipinski definition) is 1. The smallest absolute Gasteiger partial charge is 0.374 e. The minimum absolute atomic E-state index is 0.248. The molecule has 2 rings (SSSR count). The van der Waals surface area contributed by atoms with Crippen LogP contribution in [0.3, 0.4) is 0 Å². The lowest BCUT2D eigenvalue weighted by Crippen LogP contribution is -2.40. The number of carbonyl (C=O) groups is 1. The normalized spacial score (nSPS) is 17.6. The first kappa shape index (κ1) is 17.0. The van der Waals surface area contributed by atoms with Crippen molar-refractivity contribution in [3.63, 3.8) is 0 Å². The maximum Gasteiger partial charge on any atom is 0.374 e. The molecule has 1 aromatic heterocycles. The van der Waals surface area contributed by atoms with Gasteiger partial charge in [0, 0.05) is 12.6 Å². The Morgan fingerprint density at radius 1 is 1.41 bits per heavy atom. The summed E-state index contributed by atoms with van der Waals surface area (Å²) >= 11 is 0. The molecule has 1 heterocycles. The Kier molecular flexibility index (Phi) is 6.46. The molecular formula is C17H27NO4. The second kappa shape index (κ2) is 8.34. The first-order valence-corrected chi connectivity index (χ1v) is 8.28. The molecule has 0 saturated heterocycles. The van der Waals surface area contributed by atoms with Crippen LogP contribution < -0.4 is 0 Å². The average molecular weight is 309 g/mol. The zero-order valence-corrected chi connectivity index (χ0v) is 13.6. The minimum Gasteiger partial charge on any atom is -0.460 e. The number of aliphatic hydroxyl groups excluding tert-OH is 1. The Morgan fingerprint density at radius 3 is 2.77 bits per heavy atom. The fourth-order valence-electron chi connectivity index (χ4n) is 3.10. The Morgan fingerprint density at radius 2 is 2.14 bits per heavy atom. The van der Waals surface area contributed by atoms with Gasteiger partial charge in [0.15, 0.2) is 0 Å². The molecule has 0 spiro atoms. The summed E-state index contributed by atoms with van der Waals surface area (Å²) in [6.45, 7) is 5.16. The molecule has 5 nitrogen and oxygen atoms in total. The zero-order chi connectivity index (χ0) is 15.9. The SMILES string of the molecule is CCOC(=O)c1ccc(CN(CC(C)O)C2CCCCC2)o1. The van der Waals surface area contributed by atoms with Crippen LogP contribution in [0.1, 0.15) is 62.3 Å². The van der Waals surface area contributed by atoms with Gasteiger partial charge in [0.1, 0.15) is 5.76 Å². The van der Waals surface area contributed by atoms with E-state index in [1.165, 1.54) is 19.3 Å². The number of carbonyl (C=O) groups excluding carboxylic acids is 1. The molecule has 0 bridgehead atoms. The van der Waals surface area contributed by atoms with Crippen LogP contribution in [0.25, 0.3) is 0 Å². The maximum absolute atomic E-state index is 11.7. The van der Waals surface area contributed by atoms with Gasteiger partial charge in [-0.25, -0.2) is 4.79 Å². The predicted molar refractivity (Wildman–Crippen MR) is 83.6 cm³/mol. The van der Waals surface area contributed by atoms with Crippen molar-refractivity contribution in [3.8, 4) is 0 Å². The summed E-state index contributed by atoms with van der Waals surface area (Å²) in [5.74, 6) is 0.570. The molecule has 1 fully saturated rings. The molecular weight excluding hydrogens is 282 g/mol. The molecule has 0 amide bonds. The van der Waals surface area contributed by atoms with Gasteiger partial charge in [-0.2, -0.15) is 0 Å². The first-order chi connectivity index (χ1) is 10.6. The molecule has 1 aliphatic rings. The fourth-order valence-corrected chi connectivity index (χ4v) is 3.10. The van der Waals surface area contributed by atoms with E-state index >= 15 is 0 Å². The molecule has 1 saturated carbocycles. The standard InChI is InChI=1S/C17H27NO4/c1-3-21-17(20)16-10-9-15(22-16)12-18(11-13(2)19)14-7-5-4-6-8-14/h9-10,13-14,19H,3-8,11-12H2,1-2H3. The quantitative estimate of drug-likeness (QED) is 0.785. The molecule has 1 aromatic rings. The van der Waals surface area contributed by atoms with Gasteiger partial charge in [-0.1, -0.05) is 19.3 Å². The highest BCUT2D eigenvalue weighted by Gasteiger charge is 2.23. The first-order valence-electron chi connectivity index (χ1n) is 8.28. The molecule has 1 atom stereocenters. The van der Waals surface area contributed by atoms with E-state index in [1.807, 2.05) is 13.0 Å². The van der Waals surface area contributed by atoms with Gasteiger partial charge in [0.2, 0.25) is 5.76 Å². The fraction of sp³-hybridized carbons (Fsp3) is 0.706. The third-order valence-corrected chi connectivity index (χ3v) is 4.09. The van der Waals surface area contributed by atoms with Crippen molar-refractivity contribution in [2.24, 2.45) is 0 Å². The van der Waals surface area contributed by atoms with Crippen LogP contribution in [0.4, 0.5) is 0 Å². The van der Waals surface area contributed by atoms with Gasteiger partial charge >= 0.3 is 5.97 Å². The van der Waals surface area contributed by atoms with Gasteiger partial charge in [-0.3, -0.25) is 4.90 Å². The summed E-state index contributed by atoms with van der Waals surface area (Å²) in [5.41, 5.74) is 0. The number of nitrogens with zero attached hydrogens (tertiary/aromatic N) is 1. The molecule has 124 valence electrons. The summed E-state index contributed by atoms with van der Waals surface area (Å²) in [6.07, 6.45) is 5.74. The number of aliphatic hydroxyl groups is 1. The van der Waals surface area contributed by atoms with Crippen LogP contribution in [0, 0.1) is 0 Å². The van der Waals surface area contributed by atoms with E-state index in [9.17, 15) is 9.90 Å². The topological polar surface area (TPSA) is 62.9 Å². The van der Waals surface area contributed by atoms with Crippen LogP contribution >= 0.6 is 0 Å². The lowest BCUT2D eigenvalue weighted by Gasteiger charge is -2.34. The summed E-state index contributed by atoms with van der Waals surface area (Å²) in [4.78, 5) is 13.9. The van der Waals surface area contributed by atoms with Crippen molar-refractivity contribution < 1.29 is 19.1 Å². The van der Waals surface area contributed by atoms with Gasteiger partial charge < -0.3 is 14.3 Å². The summed E-state index contributed by atoms with van der Waals surface area (Å²) in [7, 11) is 0. The number of furan rings is 1. The number of esters is 1. The second-order valence-corrected chi connectivity index (χ2v) is 6.06. The molecule has 0 aromatic carbocycles. The van der Waals surface area contributed by atoms with Gasteiger partial charge in [-0.05, 0) is 38.8 Å². The summed E-state index contributed by atoms with van der Waals surface area (Å²) in [5, 5.41) is 9.75. The minimum atomic E-state index is -0.423. The Labute approximate surface area is 132 Å². The van der Waals surface area contributed by atoms with Crippen LogP contribution in [0.15, 0.2) is 16.5 Å². The Balaban J connectivity index is 2.01. The van der Waals surface area contributed by atoms with E-state index in [-0.39, 0.29) is 11.9 Å². The van der Waals surface area contributed by atoms with Crippen molar-refractivity contribution in [1.29, 1.82) is 0 Å². The van der Waals surface area contributed by atoms with Gasteiger partial charge in [0.05, 0.1) is 19.3 Å². The Bertz CT molecular complexity index is 463. The van der Waals surface area contributed by atoms with E-state index in [2.05, 4.69) is 4.90 Å². The van der Waals surface area contributed by atoms with Crippen molar-refractivity contribution in [1.82, 2.24) is 4.90 Å². The second-order valence-electron chi connectivity index (χ2n) is 6.06. The number of ether oxygens (including phenoxy) is 1. The van der Waals surface area contributed by atoms with Crippen molar-refractivity contribution >= 4 is 5.97 Å². The van der Waals surface area contributed by atoms with E-state index in [4.69, 9.17) is 9.15 Å². The van der Waals surface area contributed by atoms with Gasteiger partial charge in [0.25, 0.3) is 0 Å². The molecule has 5 heteroatoms. The van der Waals surface area contributed by atoms with Crippen LogP contribution in [0.5, 0.6) is 0 Å². The Hall–Kier alpha value is -1.33. The lowest BCUT2D eigenvalue weighted by atomic mass is 9.94. The van der Waals surface area contributed by atoms with E-state index in [1.54, 1.807) is 13.0 Å². The molecule has 22 heavy (non-hydrogen) atoms. The zero-order valence-electron chi connectivity index (χ0n) is 13.6. The van der Waals surface area contributed by atoms with E-state index in [0.29, 0.717) is 25.7 Å². The van der Waals surface area contributed by atoms with Crippen molar-refractivity contribution in [3.05, 3.63) is 23.7 Å². The van der Waals surface area contributed by atoms with Crippen molar-refractivity contribution in [2.75, 3.05) is 13.2 Å². The number of hydrogen-bond acceptors (Lipinski definition) is 5. The van der Waals surface area contributed by atoms with E-state index in [0.717, 1.165) is 18.6 Å². The highest BCUT2D eigenvalue weighted by atomic mass is 16.5. The van der Waals surface area contributed by atoms with Gasteiger partial charge in [-0.15, -0.1) is 0 Å². The highest BCUT2D eigenvalue weighted by molar-refractivity contribution is 5.86. The van der Waals surface area contributed by atoms with E-state index < -0.39 is 5.97 Å². The third-order valence-electron chi connectivity index (χ3n) is 4.09. The maximum atomic E-state index is 11.7. The molecule has 0 aliphatic heterocycles. The largest absolute Gasteiger partial charge is 0.460 e. The van der Waals surface area contributed by atoms with Crippen LogP contribution in [0.2, 0.25) is 0 Å². The summed E-state index contributed by atoms with van der Waals surface area (Å²) in [6, 6.07) is 3.97. The molecule has 1 aliphatic carbocycles. The number of rotatable bonds is 7. The van der Waals surface area contributed by atoms with Crippen LogP contribution in [-0.2, 0) is 11.3 Å². The predicted octanol–water partition coefficient (Wildman–Crippen LogP) is 2.97. The summed E-state index contributed by atoms with van der Waals surface area (Å²) < 4.78 is 10.5.